The summed E-state index contributed by atoms with van der Waals surface area (Å²) in [6.07, 6.45) is 2.25. The van der Waals surface area contributed by atoms with Crippen LogP contribution in [-0.2, 0) is 0 Å². The maximum atomic E-state index is 14.2. The fraction of sp³-hybridized carbons (Fsp3) is 0.625. The molecular formula is C16H21F3N2. The summed E-state index contributed by atoms with van der Waals surface area (Å²) >= 11 is 0. The quantitative estimate of drug-likeness (QED) is 0.772. The molecule has 2 atom stereocenters. The Bertz CT molecular complexity index is 532. The van der Waals surface area contributed by atoms with Gasteiger partial charge in [0.1, 0.15) is 0 Å². The molecule has 116 valence electrons. The summed E-state index contributed by atoms with van der Waals surface area (Å²) in [5, 5.41) is 0. The van der Waals surface area contributed by atoms with E-state index in [1.54, 1.807) is 0 Å². The number of piperazine rings is 1. The average molecular weight is 298 g/mol. The second-order valence-electron chi connectivity index (χ2n) is 6.45. The first-order valence-electron chi connectivity index (χ1n) is 7.63. The smallest absolute Gasteiger partial charge is 0.196 e. The third-order valence-corrected chi connectivity index (χ3v) is 4.82. The lowest BCUT2D eigenvalue weighted by Gasteiger charge is -2.46. The largest absolute Gasteiger partial charge is 0.363 e. The second kappa shape index (κ2) is 5.52. The summed E-state index contributed by atoms with van der Waals surface area (Å²) in [6, 6.07) is 2.91. The molecule has 0 aliphatic carbocycles. The summed E-state index contributed by atoms with van der Waals surface area (Å²) < 4.78 is 40.9. The van der Waals surface area contributed by atoms with Gasteiger partial charge < -0.3 is 4.90 Å². The minimum absolute atomic E-state index is 0.124. The van der Waals surface area contributed by atoms with Crippen LogP contribution in [0.15, 0.2) is 12.1 Å². The average Bonchev–Trinajstić information content (AvgIpc) is 2.91. The highest BCUT2D eigenvalue weighted by Crippen LogP contribution is 2.33. The summed E-state index contributed by atoms with van der Waals surface area (Å²) in [6.45, 7) is 6.81. The SMILES string of the molecule is CC(C)C1CN2CCCC2CN1c1ccc(F)c(F)c1F. The van der Waals surface area contributed by atoms with Crippen LogP contribution in [0.3, 0.4) is 0 Å². The van der Waals surface area contributed by atoms with Crippen molar-refractivity contribution in [3.63, 3.8) is 0 Å². The maximum Gasteiger partial charge on any atom is 0.196 e. The van der Waals surface area contributed by atoms with E-state index in [-0.39, 0.29) is 11.7 Å². The Morgan fingerprint density at radius 1 is 1.10 bits per heavy atom. The van der Waals surface area contributed by atoms with Gasteiger partial charge in [-0.1, -0.05) is 13.8 Å². The topological polar surface area (TPSA) is 6.48 Å². The Hall–Kier alpha value is -1.23. The van der Waals surface area contributed by atoms with E-state index < -0.39 is 17.5 Å². The van der Waals surface area contributed by atoms with Crippen molar-refractivity contribution in [2.24, 2.45) is 5.92 Å². The Balaban J connectivity index is 1.96. The van der Waals surface area contributed by atoms with Gasteiger partial charge in [0.25, 0.3) is 0 Å². The van der Waals surface area contributed by atoms with E-state index in [1.165, 1.54) is 6.07 Å². The fourth-order valence-corrected chi connectivity index (χ4v) is 3.63. The van der Waals surface area contributed by atoms with Gasteiger partial charge in [0.2, 0.25) is 0 Å². The molecule has 2 heterocycles. The minimum atomic E-state index is -1.37. The maximum absolute atomic E-state index is 14.2. The number of anilines is 1. The van der Waals surface area contributed by atoms with Crippen LogP contribution < -0.4 is 4.90 Å². The molecule has 0 bridgehead atoms. The number of hydrogen-bond acceptors (Lipinski definition) is 2. The van der Waals surface area contributed by atoms with Gasteiger partial charge in [-0.25, -0.2) is 13.2 Å². The Morgan fingerprint density at radius 3 is 2.57 bits per heavy atom. The van der Waals surface area contributed by atoms with Crippen LogP contribution in [0.1, 0.15) is 26.7 Å². The highest BCUT2D eigenvalue weighted by atomic mass is 19.2. The molecule has 2 unspecified atom stereocenters. The van der Waals surface area contributed by atoms with Crippen LogP contribution in [0.25, 0.3) is 0 Å². The van der Waals surface area contributed by atoms with E-state index in [0.717, 1.165) is 32.0 Å². The zero-order chi connectivity index (χ0) is 15.1. The van der Waals surface area contributed by atoms with Crippen molar-refractivity contribution in [2.45, 2.75) is 38.8 Å². The van der Waals surface area contributed by atoms with E-state index in [9.17, 15) is 13.2 Å². The molecule has 2 nitrogen and oxygen atoms in total. The van der Waals surface area contributed by atoms with Gasteiger partial charge in [0.15, 0.2) is 17.5 Å². The predicted molar refractivity (Wildman–Crippen MR) is 76.9 cm³/mol. The number of benzene rings is 1. The first-order valence-corrected chi connectivity index (χ1v) is 7.63. The number of nitrogens with zero attached hydrogens (tertiary/aromatic N) is 2. The number of fused-ring (bicyclic) bond motifs is 1. The monoisotopic (exact) mass is 298 g/mol. The summed E-state index contributed by atoms with van der Waals surface area (Å²) in [7, 11) is 0. The lowest BCUT2D eigenvalue weighted by atomic mass is 9.96. The lowest BCUT2D eigenvalue weighted by molar-refractivity contribution is 0.175. The molecular weight excluding hydrogens is 277 g/mol. The third-order valence-electron chi connectivity index (χ3n) is 4.82. The van der Waals surface area contributed by atoms with Crippen LogP contribution in [0, 0.1) is 23.4 Å². The van der Waals surface area contributed by atoms with Gasteiger partial charge in [0, 0.05) is 25.2 Å². The van der Waals surface area contributed by atoms with Crippen molar-refractivity contribution in [2.75, 3.05) is 24.5 Å². The van der Waals surface area contributed by atoms with Gasteiger partial charge in [-0.3, -0.25) is 4.90 Å². The van der Waals surface area contributed by atoms with Crippen LogP contribution >= 0.6 is 0 Å². The van der Waals surface area contributed by atoms with Crippen LogP contribution in [-0.4, -0.2) is 36.6 Å². The zero-order valence-corrected chi connectivity index (χ0v) is 12.5. The minimum Gasteiger partial charge on any atom is -0.363 e. The van der Waals surface area contributed by atoms with Crippen molar-refractivity contribution < 1.29 is 13.2 Å². The Labute approximate surface area is 123 Å². The van der Waals surface area contributed by atoms with Gasteiger partial charge in [-0.2, -0.15) is 0 Å². The van der Waals surface area contributed by atoms with E-state index >= 15 is 0 Å². The Morgan fingerprint density at radius 2 is 1.86 bits per heavy atom. The summed E-state index contributed by atoms with van der Waals surface area (Å²) in [5.74, 6) is -3.24. The molecule has 0 spiro atoms. The molecule has 21 heavy (non-hydrogen) atoms. The molecule has 2 aliphatic rings. The molecule has 0 N–H and O–H groups in total. The van der Waals surface area contributed by atoms with Gasteiger partial charge in [0.05, 0.1) is 5.69 Å². The first kappa shape index (κ1) is 14.7. The van der Waals surface area contributed by atoms with E-state index in [4.69, 9.17) is 0 Å². The third kappa shape index (κ3) is 2.52. The highest BCUT2D eigenvalue weighted by molar-refractivity contribution is 5.50. The molecule has 3 rings (SSSR count). The van der Waals surface area contributed by atoms with Crippen molar-refractivity contribution in [3.8, 4) is 0 Å². The van der Waals surface area contributed by atoms with Crippen molar-refractivity contribution in [1.82, 2.24) is 4.90 Å². The van der Waals surface area contributed by atoms with Gasteiger partial charge >= 0.3 is 0 Å². The molecule has 5 heteroatoms. The molecule has 1 aromatic rings. The number of hydrogen-bond donors (Lipinski definition) is 0. The molecule has 2 aliphatic heterocycles. The number of halogens is 3. The molecule has 1 aromatic carbocycles. The van der Waals surface area contributed by atoms with E-state index in [2.05, 4.69) is 18.7 Å². The standard InChI is InChI=1S/C16H21F3N2/c1-10(2)14-9-20-7-3-4-11(20)8-21(14)13-6-5-12(17)15(18)16(13)19/h5-6,10-11,14H,3-4,7-9H2,1-2H3. The molecule has 2 fully saturated rings. The van der Waals surface area contributed by atoms with Gasteiger partial charge in [-0.15, -0.1) is 0 Å². The molecule has 0 saturated carbocycles. The normalized spacial score (nSPS) is 26.5. The predicted octanol–water partition coefficient (Wildman–Crippen LogP) is 3.41. The molecule has 0 amide bonds. The van der Waals surface area contributed by atoms with Crippen molar-refractivity contribution >= 4 is 5.69 Å². The van der Waals surface area contributed by atoms with Crippen LogP contribution in [0.5, 0.6) is 0 Å². The highest BCUT2D eigenvalue weighted by Gasteiger charge is 2.38. The summed E-state index contributed by atoms with van der Waals surface area (Å²) in [4.78, 5) is 4.38. The van der Waals surface area contributed by atoms with E-state index in [1.807, 2.05) is 4.90 Å². The molecule has 0 radical (unpaired) electrons. The summed E-state index contributed by atoms with van der Waals surface area (Å²) in [5.41, 5.74) is 0.194. The van der Waals surface area contributed by atoms with Crippen LogP contribution in [0.4, 0.5) is 18.9 Å². The van der Waals surface area contributed by atoms with Crippen molar-refractivity contribution in [1.29, 1.82) is 0 Å². The second-order valence-corrected chi connectivity index (χ2v) is 6.45. The fourth-order valence-electron chi connectivity index (χ4n) is 3.63. The first-order chi connectivity index (χ1) is 9.99. The molecule has 2 saturated heterocycles. The van der Waals surface area contributed by atoms with Gasteiger partial charge in [-0.05, 0) is 37.4 Å². The molecule has 0 aromatic heterocycles. The number of rotatable bonds is 2. The Kier molecular flexibility index (Phi) is 3.86. The zero-order valence-electron chi connectivity index (χ0n) is 12.5. The lowest BCUT2D eigenvalue weighted by Crippen LogP contribution is -2.58. The van der Waals surface area contributed by atoms with Crippen LogP contribution in [0.2, 0.25) is 0 Å². The van der Waals surface area contributed by atoms with E-state index in [0.29, 0.717) is 18.5 Å². The van der Waals surface area contributed by atoms with Crippen molar-refractivity contribution in [3.05, 3.63) is 29.6 Å².